The van der Waals surface area contributed by atoms with Gasteiger partial charge in [0.2, 0.25) is 5.89 Å². The van der Waals surface area contributed by atoms with Crippen LogP contribution in [0.1, 0.15) is 25.1 Å². The number of rotatable bonds is 4. The van der Waals surface area contributed by atoms with Crippen molar-refractivity contribution >= 4 is 5.97 Å². The SMILES string of the molecule is CCCc1noc(CC(=O)O)n1. The first kappa shape index (κ1) is 8.70. The molecule has 1 rings (SSSR count). The molecule has 0 aromatic carbocycles. The fourth-order valence-corrected chi connectivity index (χ4v) is 0.816. The van der Waals surface area contributed by atoms with Crippen LogP contribution in [0.4, 0.5) is 0 Å². The lowest BCUT2D eigenvalue weighted by Gasteiger charge is -1.84. The lowest BCUT2D eigenvalue weighted by molar-refractivity contribution is -0.136. The Morgan fingerprint density at radius 3 is 3.00 bits per heavy atom. The third-order valence-electron chi connectivity index (χ3n) is 1.29. The van der Waals surface area contributed by atoms with Gasteiger partial charge in [-0.1, -0.05) is 12.1 Å². The Kier molecular flexibility index (Phi) is 2.79. The molecule has 0 saturated heterocycles. The number of aliphatic carboxylic acids is 1. The van der Waals surface area contributed by atoms with E-state index in [1.165, 1.54) is 0 Å². The van der Waals surface area contributed by atoms with Gasteiger partial charge >= 0.3 is 5.97 Å². The van der Waals surface area contributed by atoms with Gasteiger partial charge in [0.25, 0.3) is 0 Å². The molecule has 0 saturated carbocycles. The molecule has 12 heavy (non-hydrogen) atoms. The number of carbonyl (C=O) groups is 1. The second-order valence-corrected chi connectivity index (χ2v) is 2.42. The van der Waals surface area contributed by atoms with E-state index in [2.05, 4.69) is 14.7 Å². The van der Waals surface area contributed by atoms with Gasteiger partial charge in [-0.2, -0.15) is 4.98 Å². The van der Waals surface area contributed by atoms with Crippen molar-refractivity contribution < 1.29 is 14.4 Å². The van der Waals surface area contributed by atoms with E-state index in [-0.39, 0.29) is 12.3 Å². The van der Waals surface area contributed by atoms with E-state index in [9.17, 15) is 4.79 Å². The Hall–Kier alpha value is -1.39. The Labute approximate surface area is 69.4 Å². The molecule has 0 unspecified atom stereocenters. The molecule has 0 aliphatic heterocycles. The van der Waals surface area contributed by atoms with Crippen LogP contribution in [-0.4, -0.2) is 21.2 Å². The number of aromatic nitrogens is 2. The summed E-state index contributed by atoms with van der Waals surface area (Å²) < 4.78 is 4.69. The summed E-state index contributed by atoms with van der Waals surface area (Å²) in [6.45, 7) is 1.99. The Morgan fingerprint density at radius 2 is 2.42 bits per heavy atom. The third-order valence-corrected chi connectivity index (χ3v) is 1.29. The van der Waals surface area contributed by atoms with Crippen LogP contribution in [0.2, 0.25) is 0 Å². The fraction of sp³-hybridized carbons (Fsp3) is 0.571. The van der Waals surface area contributed by atoms with Crippen molar-refractivity contribution in [3.8, 4) is 0 Å². The molecule has 66 valence electrons. The minimum atomic E-state index is -0.957. The first-order valence-corrected chi connectivity index (χ1v) is 3.75. The summed E-state index contributed by atoms with van der Waals surface area (Å²) in [6.07, 6.45) is 1.45. The highest BCUT2D eigenvalue weighted by Gasteiger charge is 2.08. The lowest BCUT2D eigenvalue weighted by atomic mass is 10.3. The molecule has 0 amide bonds. The van der Waals surface area contributed by atoms with E-state index >= 15 is 0 Å². The summed E-state index contributed by atoms with van der Waals surface area (Å²) in [5.41, 5.74) is 0. The zero-order valence-corrected chi connectivity index (χ0v) is 6.78. The van der Waals surface area contributed by atoms with Crippen molar-refractivity contribution in [3.63, 3.8) is 0 Å². The summed E-state index contributed by atoms with van der Waals surface area (Å²) in [7, 11) is 0. The molecule has 0 aliphatic carbocycles. The van der Waals surface area contributed by atoms with Crippen LogP contribution in [0, 0.1) is 0 Å². The van der Waals surface area contributed by atoms with E-state index in [4.69, 9.17) is 5.11 Å². The summed E-state index contributed by atoms with van der Waals surface area (Å²) in [6, 6.07) is 0. The van der Waals surface area contributed by atoms with Crippen molar-refractivity contribution in [1.82, 2.24) is 10.1 Å². The minimum Gasteiger partial charge on any atom is -0.481 e. The predicted octanol–water partition coefficient (Wildman–Crippen LogP) is 0.649. The van der Waals surface area contributed by atoms with Gasteiger partial charge in [0.1, 0.15) is 6.42 Å². The van der Waals surface area contributed by atoms with E-state index in [1.54, 1.807) is 0 Å². The predicted molar refractivity (Wildman–Crippen MR) is 39.6 cm³/mol. The molecule has 1 aromatic heterocycles. The van der Waals surface area contributed by atoms with Gasteiger partial charge in [-0.05, 0) is 6.42 Å². The van der Waals surface area contributed by atoms with Gasteiger partial charge in [0.05, 0.1) is 0 Å². The molecule has 5 heteroatoms. The van der Waals surface area contributed by atoms with E-state index in [0.29, 0.717) is 5.82 Å². The topological polar surface area (TPSA) is 76.2 Å². The zero-order chi connectivity index (χ0) is 8.97. The van der Waals surface area contributed by atoms with Crippen LogP contribution in [0.25, 0.3) is 0 Å². The molecule has 0 aliphatic rings. The van der Waals surface area contributed by atoms with Gasteiger partial charge in [-0.3, -0.25) is 4.79 Å². The maximum absolute atomic E-state index is 10.2. The molecular formula is C7H10N2O3. The molecule has 0 bridgehead atoms. The van der Waals surface area contributed by atoms with Crippen LogP contribution >= 0.6 is 0 Å². The van der Waals surface area contributed by atoms with Gasteiger partial charge in [0.15, 0.2) is 5.82 Å². The van der Waals surface area contributed by atoms with Crippen molar-refractivity contribution in [2.24, 2.45) is 0 Å². The summed E-state index contributed by atoms with van der Waals surface area (Å²) in [4.78, 5) is 14.1. The summed E-state index contributed by atoms with van der Waals surface area (Å²) in [5, 5.41) is 12.0. The van der Waals surface area contributed by atoms with Crippen LogP contribution in [-0.2, 0) is 17.6 Å². The standard InChI is InChI=1S/C7H10N2O3/c1-2-3-5-8-6(12-9-5)4-7(10)11/h2-4H2,1H3,(H,10,11). The summed E-state index contributed by atoms with van der Waals surface area (Å²) >= 11 is 0. The van der Waals surface area contributed by atoms with Crippen molar-refractivity contribution in [3.05, 3.63) is 11.7 Å². The number of carboxylic acids is 1. The van der Waals surface area contributed by atoms with Gasteiger partial charge in [0, 0.05) is 6.42 Å². The number of hydrogen-bond acceptors (Lipinski definition) is 4. The highest BCUT2D eigenvalue weighted by atomic mass is 16.5. The number of carboxylic acid groups (broad SMARTS) is 1. The zero-order valence-electron chi connectivity index (χ0n) is 6.78. The normalized spacial score (nSPS) is 10.1. The molecule has 0 fully saturated rings. The van der Waals surface area contributed by atoms with Crippen molar-refractivity contribution in [1.29, 1.82) is 0 Å². The van der Waals surface area contributed by atoms with Crippen LogP contribution in [0.5, 0.6) is 0 Å². The first-order valence-electron chi connectivity index (χ1n) is 3.75. The molecule has 0 radical (unpaired) electrons. The van der Waals surface area contributed by atoms with Gasteiger partial charge in [-0.25, -0.2) is 0 Å². The van der Waals surface area contributed by atoms with Crippen molar-refractivity contribution in [2.75, 3.05) is 0 Å². The van der Waals surface area contributed by atoms with Crippen molar-refractivity contribution in [2.45, 2.75) is 26.2 Å². The molecule has 5 nitrogen and oxygen atoms in total. The Balaban J connectivity index is 2.58. The van der Waals surface area contributed by atoms with Gasteiger partial charge in [-0.15, -0.1) is 0 Å². The monoisotopic (exact) mass is 170 g/mol. The highest BCUT2D eigenvalue weighted by Crippen LogP contribution is 2.00. The third kappa shape index (κ3) is 2.34. The maximum Gasteiger partial charge on any atom is 0.312 e. The number of nitrogens with zero attached hydrogens (tertiary/aromatic N) is 2. The van der Waals surface area contributed by atoms with E-state index in [1.807, 2.05) is 6.92 Å². The maximum atomic E-state index is 10.2. The second-order valence-electron chi connectivity index (χ2n) is 2.42. The average Bonchev–Trinajstić information content (AvgIpc) is 2.36. The molecule has 0 spiro atoms. The van der Waals surface area contributed by atoms with Gasteiger partial charge < -0.3 is 9.63 Å². The largest absolute Gasteiger partial charge is 0.481 e. The fourth-order valence-electron chi connectivity index (χ4n) is 0.816. The molecular weight excluding hydrogens is 160 g/mol. The number of aryl methyl sites for hydroxylation is 1. The first-order chi connectivity index (χ1) is 5.72. The second kappa shape index (κ2) is 3.85. The molecule has 1 aromatic rings. The lowest BCUT2D eigenvalue weighted by Crippen LogP contribution is -2.00. The van der Waals surface area contributed by atoms with Crippen LogP contribution in [0.15, 0.2) is 4.52 Å². The van der Waals surface area contributed by atoms with E-state index in [0.717, 1.165) is 12.8 Å². The quantitative estimate of drug-likeness (QED) is 0.717. The Bertz CT molecular complexity index is 269. The number of hydrogen-bond donors (Lipinski definition) is 1. The van der Waals surface area contributed by atoms with Crippen LogP contribution in [0.3, 0.4) is 0 Å². The Morgan fingerprint density at radius 1 is 1.67 bits per heavy atom. The minimum absolute atomic E-state index is 0.172. The highest BCUT2D eigenvalue weighted by molar-refractivity contribution is 5.68. The molecule has 0 atom stereocenters. The molecule has 1 N–H and O–H groups in total. The smallest absolute Gasteiger partial charge is 0.312 e. The average molecular weight is 170 g/mol. The van der Waals surface area contributed by atoms with Crippen LogP contribution < -0.4 is 0 Å². The summed E-state index contributed by atoms with van der Waals surface area (Å²) in [5.74, 6) is -0.207. The molecule has 1 heterocycles. The van der Waals surface area contributed by atoms with E-state index < -0.39 is 5.97 Å².